The van der Waals surface area contributed by atoms with Crippen LogP contribution in [0.2, 0.25) is 0 Å². The van der Waals surface area contributed by atoms with Crippen molar-refractivity contribution in [3.8, 4) is 5.75 Å². The van der Waals surface area contributed by atoms with E-state index >= 15 is 0 Å². The van der Waals surface area contributed by atoms with Crippen molar-refractivity contribution in [3.63, 3.8) is 0 Å². The topological polar surface area (TPSA) is 36.4 Å². The van der Waals surface area contributed by atoms with Gasteiger partial charge in [-0.2, -0.15) is 0 Å². The molecule has 70 valence electrons. The summed E-state index contributed by atoms with van der Waals surface area (Å²) < 4.78 is 0. The molecule has 0 bridgehead atoms. The van der Waals surface area contributed by atoms with Gasteiger partial charge in [0.1, 0.15) is 0 Å². The third kappa shape index (κ3) is 1.74. The maximum Gasteiger partial charge on any atom is 0.171 e. The Hall–Kier alpha value is -1.25. The largest absolute Gasteiger partial charge is 0.504 e. The van der Waals surface area contributed by atoms with Crippen molar-refractivity contribution in [2.45, 2.75) is 19.3 Å². The molecule has 1 N–H and O–H groups in total. The van der Waals surface area contributed by atoms with Crippen molar-refractivity contribution >= 4 is 5.82 Å². The van der Waals surface area contributed by atoms with Gasteiger partial charge >= 0.3 is 0 Å². The quantitative estimate of drug-likeness (QED) is 0.712. The van der Waals surface area contributed by atoms with Crippen LogP contribution in [0, 0.1) is 0 Å². The Kier molecular flexibility index (Phi) is 2.34. The van der Waals surface area contributed by atoms with E-state index in [1.807, 2.05) is 0 Å². The van der Waals surface area contributed by atoms with Crippen molar-refractivity contribution in [2.24, 2.45) is 0 Å². The van der Waals surface area contributed by atoms with Crippen LogP contribution >= 0.6 is 0 Å². The fourth-order valence-electron chi connectivity index (χ4n) is 1.74. The molecule has 0 spiro atoms. The molecule has 3 nitrogen and oxygen atoms in total. The van der Waals surface area contributed by atoms with Crippen molar-refractivity contribution in [3.05, 3.63) is 18.3 Å². The Labute approximate surface area is 78.0 Å². The van der Waals surface area contributed by atoms with E-state index in [-0.39, 0.29) is 0 Å². The van der Waals surface area contributed by atoms with Crippen LogP contribution in [0.4, 0.5) is 5.82 Å². The van der Waals surface area contributed by atoms with Gasteiger partial charge in [-0.15, -0.1) is 0 Å². The molecule has 3 heteroatoms. The normalized spacial score (nSPS) is 17.4. The molecule has 0 amide bonds. The van der Waals surface area contributed by atoms with Gasteiger partial charge < -0.3 is 10.0 Å². The molecule has 1 aliphatic heterocycles. The second-order valence-electron chi connectivity index (χ2n) is 3.39. The van der Waals surface area contributed by atoms with E-state index in [4.69, 9.17) is 0 Å². The van der Waals surface area contributed by atoms with Crippen LogP contribution < -0.4 is 4.90 Å². The minimum absolute atomic E-state index is 0.296. The second kappa shape index (κ2) is 3.64. The number of piperidine rings is 1. The molecule has 2 rings (SSSR count). The van der Waals surface area contributed by atoms with E-state index in [2.05, 4.69) is 9.88 Å². The summed E-state index contributed by atoms with van der Waals surface area (Å²) in [6, 6.07) is 3.44. The molecule has 1 aliphatic rings. The molecular weight excluding hydrogens is 164 g/mol. The Bertz CT molecular complexity index is 282. The number of rotatable bonds is 1. The molecule has 1 aromatic rings. The number of aromatic hydroxyl groups is 1. The zero-order chi connectivity index (χ0) is 9.10. The summed E-state index contributed by atoms with van der Waals surface area (Å²) in [5, 5.41) is 9.56. The first-order valence-electron chi connectivity index (χ1n) is 4.77. The Morgan fingerprint density at radius 3 is 2.69 bits per heavy atom. The fourth-order valence-corrected chi connectivity index (χ4v) is 1.74. The van der Waals surface area contributed by atoms with Gasteiger partial charge in [0.15, 0.2) is 11.6 Å². The third-order valence-electron chi connectivity index (χ3n) is 2.42. The number of anilines is 1. The Balaban J connectivity index is 2.18. The highest BCUT2D eigenvalue weighted by molar-refractivity contribution is 5.51. The number of hydrogen-bond donors (Lipinski definition) is 1. The summed E-state index contributed by atoms with van der Waals surface area (Å²) in [5.41, 5.74) is 0. The molecule has 2 heterocycles. The Morgan fingerprint density at radius 2 is 2.00 bits per heavy atom. The SMILES string of the molecule is Oc1cccnc1N1CCCCC1. The summed E-state index contributed by atoms with van der Waals surface area (Å²) >= 11 is 0. The first-order chi connectivity index (χ1) is 6.38. The molecule has 0 saturated carbocycles. The average molecular weight is 178 g/mol. The van der Waals surface area contributed by atoms with Gasteiger partial charge in [-0.25, -0.2) is 4.98 Å². The molecule has 1 saturated heterocycles. The molecule has 0 radical (unpaired) electrons. The first-order valence-corrected chi connectivity index (χ1v) is 4.77. The van der Waals surface area contributed by atoms with Gasteiger partial charge in [-0.05, 0) is 31.4 Å². The van der Waals surface area contributed by atoms with Crippen LogP contribution in [-0.4, -0.2) is 23.2 Å². The number of nitrogens with zero attached hydrogens (tertiary/aromatic N) is 2. The summed E-state index contributed by atoms with van der Waals surface area (Å²) in [6.45, 7) is 2.04. The van der Waals surface area contributed by atoms with Gasteiger partial charge in [0.2, 0.25) is 0 Å². The lowest BCUT2D eigenvalue weighted by Gasteiger charge is -2.27. The molecule has 0 unspecified atom stereocenters. The first kappa shape index (κ1) is 8.35. The summed E-state index contributed by atoms with van der Waals surface area (Å²) in [5.74, 6) is 1.03. The molecule has 1 fully saturated rings. The van der Waals surface area contributed by atoms with E-state index in [0.717, 1.165) is 18.9 Å². The minimum Gasteiger partial charge on any atom is -0.504 e. The highest BCUT2D eigenvalue weighted by Crippen LogP contribution is 2.25. The standard InChI is InChI=1S/C10H14N2O/c13-9-5-4-6-11-10(9)12-7-2-1-3-8-12/h4-6,13H,1-3,7-8H2. The number of aromatic nitrogens is 1. The molecule has 13 heavy (non-hydrogen) atoms. The second-order valence-corrected chi connectivity index (χ2v) is 3.39. The molecule has 0 atom stereocenters. The van der Waals surface area contributed by atoms with E-state index in [9.17, 15) is 5.11 Å². The average Bonchev–Trinajstić information content (AvgIpc) is 2.20. The summed E-state index contributed by atoms with van der Waals surface area (Å²) in [6.07, 6.45) is 5.43. The summed E-state index contributed by atoms with van der Waals surface area (Å²) in [7, 11) is 0. The van der Waals surface area contributed by atoms with Crippen molar-refractivity contribution in [2.75, 3.05) is 18.0 Å². The van der Waals surface area contributed by atoms with Crippen LogP contribution in [-0.2, 0) is 0 Å². The lowest BCUT2D eigenvalue weighted by atomic mass is 10.1. The van der Waals surface area contributed by atoms with Gasteiger partial charge in [0, 0.05) is 19.3 Å². The zero-order valence-corrected chi connectivity index (χ0v) is 7.61. The van der Waals surface area contributed by atoms with Crippen LogP contribution in [0.3, 0.4) is 0 Å². The van der Waals surface area contributed by atoms with Crippen LogP contribution in [0.5, 0.6) is 5.75 Å². The number of hydrogen-bond acceptors (Lipinski definition) is 3. The lowest BCUT2D eigenvalue weighted by molar-refractivity contribution is 0.466. The zero-order valence-electron chi connectivity index (χ0n) is 7.61. The van der Waals surface area contributed by atoms with E-state index in [1.165, 1.54) is 19.3 Å². The van der Waals surface area contributed by atoms with E-state index < -0.39 is 0 Å². The summed E-state index contributed by atoms with van der Waals surface area (Å²) in [4.78, 5) is 6.33. The monoisotopic (exact) mass is 178 g/mol. The van der Waals surface area contributed by atoms with Gasteiger partial charge in [0.05, 0.1) is 0 Å². The van der Waals surface area contributed by atoms with E-state index in [1.54, 1.807) is 18.3 Å². The third-order valence-corrected chi connectivity index (χ3v) is 2.42. The van der Waals surface area contributed by atoms with Crippen molar-refractivity contribution in [1.29, 1.82) is 0 Å². The predicted molar refractivity (Wildman–Crippen MR) is 52.0 cm³/mol. The highest BCUT2D eigenvalue weighted by Gasteiger charge is 2.14. The van der Waals surface area contributed by atoms with Gasteiger partial charge in [-0.3, -0.25) is 0 Å². The molecule has 0 aromatic carbocycles. The molecule has 0 aliphatic carbocycles. The van der Waals surface area contributed by atoms with Crippen molar-refractivity contribution in [1.82, 2.24) is 4.98 Å². The Morgan fingerprint density at radius 1 is 1.23 bits per heavy atom. The molecule has 1 aromatic heterocycles. The maximum atomic E-state index is 9.56. The lowest BCUT2D eigenvalue weighted by Crippen LogP contribution is -2.30. The van der Waals surface area contributed by atoms with Crippen molar-refractivity contribution < 1.29 is 5.11 Å². The highest BCUT2D eigenvalue weighted by atomic mass is 16.3. The van der Waals surface area contributed by atoms with Crippen LogP contribution in [0.15, 0.2) is 18.3 Å². The smallest absolute Gasteiger partial charge is 0.171 e. The van der Waals surface area contributed by atoms with Crippen LogP contribution in [0.1, 0.15) is 19.3 Å². The minimum atomic E-state index is 0.296. The van der Waals surface area contributed by atoms with Gasteiger partial charge in [-0.1, -0.05) is 0 Å². The molecular formula is C10H14N2O. The van der Waals surface area contributed by atoms with Gasteiger partial charge in [0.25, 0.3) is 0 Å². The number of pyridine rings is 1. The predicted octanol–water partition coefficient (Wildman–Crippen LogP) is 1.78. The fraction of sp³-hybridized carbons (Fsp3) is 0.500. The van der Waals surface area contributed by atoms with E-state index in [0.29, 0.717) is 5.75 Å². The van der Waals surface area contributed by atoms with Crippen LogP contribution in [0.25, 0.3) is 0 Å². The maximum absolute atomic E-state index is 9.56.